The Morgan fingerprint density at radius 3 is 2.43 bits per heavy atom. The van der Waals surface area contributed by atoms with Crippen molar-refractivity contribution in [1.82, 2.24) is 0 Å². The summed E-state index contributed by atoms with van der Waals surface area (Å²) in [4.78, 5) is 0.367. The van der Waals surface area contributed by atoms with Crippen molar-refractivity contribution in [3.63, 3.8) is 0 Å². The van der Waals surface area contributed by atoms with E-state index in [9.17, 15) is 8.78 Å². The molecule has 0 amide bonds. The van der Waals surface area contributed by atoms with E-state index in [4.69, 9.17) is 10.1 Å². The standard InChI is InChI=1S/C15H13F2NOS2/c1-21-15(18)8-19-10-4-2-9(3-5-10)11-6-12(16)13(17)7-14(11)20/h2-7,18,20H,8H2,1H3. The van der Waals surface area contributed by atoms with Crippen molar-refractivity contribution < 1.29 is 13.5 Å². The minimum absolute atomic E-state index is 0.212. The van der Waals surface area contributed by atoms with Crippen molar-refractivity contribution in [2.75, 3.05) is 12.9 Å². The van der Waals surface area contributed by atoms with Crippen LogP contribution in [0, 0.1) is 17.0 Å². The number of nitrogens with one attached hydrogen (secondary N) is 1. The Morgan fingerprint density at radius 1 is 1.19 bits per heavy atom. The number of rotatable bonds is 4. The number of ether oxygens (including phenoxy) is 1. The third-order valence-corrected chi connectivity index (χ3v) is 3.80. The number of thiol groups is 1. The number of hydrogen-bond donors (Lipinski definition) is 2. The zero-order valence-corrected chi connectivity index (χ0v) is 12.9. The molecule has 2 aromatic rings. The van der Waals surface area contributed by atoms with Crippen LogP contribution in [0.2, 0.25) is 0 Å². The molecular weight excluding hydrogens is 312 g/mol. The minimum atomic E-state index is -0.917. The summed E-state index contributed by atoms with van der Waals surface area (Å²) >= 11 is 5.48. The smallest absolute Gasteiger partial charge is 0.159 e. The first-order valence-corrected chi connectivity index (χ1v) is 7.71. The van der Waals surface area contributed by atoms with E-state index in [1.807, 2.05) is 6.26 Å². The van der Waals surface area contributed by atoms with Crippen LogP contribution in [0.15, 0.2) is 41.3 Å². The number of thioether (sulfide) groups is 1. The lowest BCUT2D eigenvalue weighted by atomic mass is 10.1. The molecule has 0 aliphatic carbocycles. The van der Waals surface area contributed by atoms with Gasteiger partial charge in [0.2, 0.25) is 0 Å². The first-order valence-electron chi connectivity index (χ1n) is 6.04. The average Bonchev–Trinajstić information content (AvgIpc) is 2.49. The lowest BCUT2D eigenvalue weighted by Crippen LogP contribution is -2.05. The van der Waals surface area contributed by atoms with Gasteiger partial charge in [0.15, 0.2) is 11.6 Å². The van der Waals surface area contributed by atoms with Crippen LogP contribution in [0.4, 0.5) is 8.78 Å². The van der Waals surface area contributed by atoms with E-state index < -0.39 is 11.6 Å². The van der Waals surface area contributed by atoms with Crippen molar-refractivity contribution in [3.05, 3.63) is 48.0 Å². The summed E-state index contributed by atoms with van der Waals surface area (Å²) in [6, 6.07) is 9.10. The van der Waals surface area contributed by atoms with Gasteiger partial charge in [0.05, 0.1) is 0 Å². The predicted molar refractivity (Wildman–Crippen MR) is 85.8 cm³/mol. The molecule has 6 heteroatoms. The molecule has 0 aliphatic heterocycles. The van der Waals surface area contributed by atoms with Gasteiger partial charge in [-0.15, -0.1) is 24.4 Å². The van der Waals surface area contributed by atoms with Crippen molar-refractivity contribution in [2.24, 2.45) is 0 Å². The van der Waals surface area contributed by atoms with Gasteiger partial charge in [-0.3, -0.25) is 5.41 Å². The van der Waals surface area contributed by atoms with Gasteiger partial charge in [0.25, 0.3) is 0 Å². The molecule has 0 saturated carbocycles. The van der Waals surface area contributed by atoms with Crippen LogP contribution >= 0.6 is 24.4 Å². The molecule has 0 unspecified atom stereocenters. The highest BCUT2D eigenvalue weighted by molar-refractivity contribution is 8.13. The highest BCUT2D eigenvalue weighted by atomic mass is 32.2. The Balaban J connectivity index is 2.19. The molecule has 0 atom stereocenters. The van der Waals surface area contributed by atoms with Gasteiger partial charge in [-0.2, -0.15) is 0 Å². The lowest BCUT2D eigenvalue weighted by Gasteiger charge is -2.09. The lowest BCUT2D eigenvalue weighted by molar-refractivity contribution is 0.378. The molecule has 21 heavy (non-hydrogen) atoms. The van der Waals surface area contributed by atoms with Crippen molar-refractivity contribution >= 4 is 29.4 Å². The van der Waals surface area contributed by atoms with Crippen LogP contribution in [0.5, 0.6) is 5.75 Å². The van der Waals surface area contributed by atoms with Crippen LogP contribution in [0.3, 0.4) is 0 Å². The largest absolute Gasteiger partial charge is 0.487 e. The van der Waals surface area contributed by atoms with E-state index >= 15 is 0 Å². The fraction of sp³-hybridized carbons (Fsp3) is 0.133. The highest BCUT2D eigenvalue weighted by Gasteiger charge is 2.09. The molecule has 110 valence electrons. The maximum Gasteiger partial charge on any atom is 0.159 e. The second-order valence-electron chi connectivity index (χ2n) is 4.22. The number of hydrogen-bond acceptors (Lipinski definition) is 4. The van der Waals surface area contributed by atoms with E-state index in [2.05, 4.69) is 12.6 Å². The van der Waals surface area contributed by atoms with E-state index in [0.717, 1.165) is 12.1 Å². The number of halogens is 2. The minimum Gasteiger partial charge on any atom is -0.487 e. The van der Waals surface area contributed by atoms with Crippen LogP contribution in [-0.2, 0) is 0 Å². The fourth-order valence-corrected chi connectivity index (χ4v) is 2.19. The Hall–Kier alpha value is -1.53. The van der Waals surface area contributed by atoms with Gasteiger partial charge in [-0.25, -0.2) is 8.78 Å². The molecule has 0 saturated heterocycles. The van der Waals surface area contributed by atoms with E-state index in [0.29, 0.717) is 26.8 Å². The Bertz CT molecular complexity index is 659. The summed E-state index contributed by atoms with van der Waals surface area (Å²) in [6.07, 6.45) is 1.81. The van der Waals surface area contributed by atoms with E-state index in [1.165, 1.54) is 11.8 Å². The molecule has 0 radical (unpaired) electrons. The Morgan fingerprint density at radius 2 is 1.81 bits per heavy atom. The second kappa shape index (κ2) is 6.95. The second-order valence-corrected chi connectivity index (χ2v) is 5.61. The molecule has 2 rings (SSSR count). The normalized spacial score (nSPS) is 10.5. The maximum absolute atomic E-state index is 13.3. The van der Waals surface area contributed by atoms with Crippen LogP contribution in [-0.4, -0.2) is 17.9 Å². The molecule has 2 nitrogen and oxygen atoms in total. The van der Waals surface area contributed by atoms with E-state index in [1.54, 1.807) is 24.3 Å². The van der Waals surface area contributed by atoms with Crippen molar-refractivity contribution in [2.45, 2.75) is 4.90 Å². The van der Waals surface area contributed by atoms with Gasteiger partial charge < -0.3 is 4.74 Å². The summed E-state index contributed by atoms with van der Waals surface area (Å²) in [5, 5.41) is 7.91. The molecule has 0 aromatic heterocycles. The van der Waals surface area contributed by atoms with Gasteiger partial charge >= 0.3 is 0 Å². The first-order chi connectivity index (χ1) is 10.0. The SMILES string of the molecule is CSC(=N)COc1ccc(-c2cc(F)c(F)cc2S)cc1. The monoisotopic (exact) mass is 325 g/mol. The first kappa shape index (κ1) is 15.9. The molecule has 0 bridgehead atoms. The summed E-state index contributed by atoms with van der Waals surface area (Å²) in [5.74, 6) is -1.21. The van der Waals surface area contributed by atoms with Gasteiger partial charge in [-0.1, -0.05) is 12.1 Å². The maximum atomic E-state index is 13.3. The third kappa shape index (κ3) is 3.98. The van der Waals surface area contributed by atoms with Gasteiger partial charge in [0, 0.05) is 4.90 Å². The van der Waals surface area contributed by atoms with Gasteiger partial charge in [0.1, 0.15) is 17.4 Å². The molecule has 1 N–H and O–H groups in total. The Kier molecular flexibility index (Phi) is 5.25. The zero-order chi connectivity index (χ0) is 15.4. The predicted octanol–water partition coefficient (Wildman–Crippen LogP) is 4.64. The third-order valence-electron chi connectivity index (χ3n) is 2.82. The highest BCUT2D eigenvalue weighted by Crippen LogP contribution is 2.30. The molecular formula is C15H13F2NOS2. The van der Waals surface area contributed by atoms with Gasteiger partial charge in [-0.05, 0) is 41.6 Å². The summed E-state index contributed by atoms with van der Waals surface area (Å²) in [5.41, 5.74) is 1.23. The van der Waals surface area contributed by atoms with Crippen molar-refractivity contribution in [1.29, 1.82) is 5.41 Å². The van der Waals surface area contributed by atoms with Crippen LogP contribution < -0.4 is 4.74 Å². The van der Waals surface area contributed by atoms with E-state index in [-0.39, 0.29) is 6.61 Å². The topological polar surface area (TPSA) is 33.1 Å². The molecule has 2 aromatic carbocycles. The molecule has 0 aliphatic rings. The molecule has 0 fully saturated rings. The van der Waals surface area contributed by atoms with Crippen molar-refractivity contribution in [3.8, 4) is 16.9 Å². The quantitative estimate of drug-likeness (QED) is 0.488. The number of benzene rings is 2. The average molecular weight is 325 g/mol. The summed E-state index contributed by atoms with van der Waals surface area (Å²) in [7, 11) is 0. The zero-order valence-electron chi connectivity index (χ0n) is 11.2. The fourth-order valence-electron chi connectivity index (χ4n) is 1.71. The molecule has 0 heterocycles. The van der Waals surface area contributed by atoms with Crippen LogP contribution in [0.25, 0.3) is 11.1 Å². The summed E-state index contributed by atoms with van der Waals surface area (Å²) < 4.78 is 31.8. The summed E-state index contributed by atoms with van der Waals surface area (Å²) in [6.45, 7) is 0.212. The molecule has 0 spiro atoms. The Labute approximate surface area is 131 Å². The van der Waals surface area contributed by atoms with Crippen LogP contribution in [0.1, 0.15) is 0 Å².